The fraction of sp³-hybridized carbons (Fsp3) is 0.533. The molecule has 4 heterocycles. The zero-order valence-corrected chi connectivity index (χ0v) is 13.3. The average Bonchev–Trinajstić information content (AvgIpc) is 3.15. The van der Waals surface area contributed by atoms with Gasteiger partial charge in [0, 0.05) is 24.4 Å². The first kappa shape index (κ1) is 14.9. The molecule has 2 aromatic rings. The van der Waals surface area contributed by atoms with E-state index in [1.54, 1.807) is 6.20 Å². The number of ether oxygens (including phenoxy) is 1. The van der Waals surface area contributed by atoms with Crippen LogP contribution in [0.25, 0.3) is 11.3 Å². The van der Waals surface area contributed by atoms with Gasteiger partial charge < -0.3 is 15.2 Å². The first-order valence-electron chi connectivity index (χ1n) is 7.82. The number of rotatable bonds is 3. The Kier molecular flexibility index (Phi) is 3.92. The second-order valence-corrected chi connectivity index (χ2v) is 6.31. The van der Waals surface area contributed by atoms with Gasteiger partial charge in [0.25, 0.3) is 0 Å². The summed E-state index contributed by atoms with van der Waals surface area (Å²) in [4.78, 5) is 8.80. The van der Waals surface area contributed by atoms with E-state index in [2.05, 4.69) is 20.4 Å². The molecule has 2 aliphatic heterocycles. The van der Waals surface area contributed by atoms with Crippen molar-refractivity contribution in [1.29, 1.82) is 0 Å². The minimum atomic E-state index is -0.563. The van der Waals surface area contributed by atoms with Crippen molar-refractivity contribution in [3.63, 3.8) is 0 Å². The second-order valence-electron chi connectivity index (χ2n) is 5.90. The van der Waals surface area contributed by atoms with Crippen molar-refractivity contribution < 1.29 is 9.84 Å². The molecular weight excluding hydrogens is 318 g/mol. The van der Waals surface area contributed by atoms with E-state index in [0.29, 0.717) is 36.3 Å². The predicted octanol–water partition coefficient (Wildman–Crippen LogP) is 1.50. The minimum absolute atomic E-state index is 0.115. The lowest BCUT2D eigenvalue weighted by Crippen LogP contribution is -2.42. The van der Waals surface area contributed by atoms with Gasteiger partial charge in [0.2, 0.25) is 5.95 Å². The van der Waals surface area contributed by atoms with Crippen molar-refractivity contribution in [2.24, 2.45) is 0 Å². The molecule has 0 aliphatic carbocycles. The standard InChI is InChI=1S/C15H18ClN5O2/c16-10-7-17-15(19-11-3-5-23-8-13(11)22)20-14(10)9-6-18-21-4-1-2-12(9)21/h6-7,11,13,22H,1-5,8H2,(H,17,19,20)/t11-,13-/m1/s1. The van der Waals surface area contributed by atoms with E-state index < -0.39 is 6.10 Å². The SMILES string of the molecule is O[C@@H]1COCC[C@H]1Nc1ncc(Cl)c(-c2cnn3c2CCC3)n1. The third-order valence-electron chi connectivity index (χ3n) is 4.37. The van der Waals surface area contributed by atoms with Crippen LogP contribution in [0.15, 0.2) is 12.4 Å². The summed E-state index contributed by atoms with van der Waals surface area (Å²) in [7, 11) is 0. The molecule has 8 heteroatoms. The lowest BCUT2D eigenvalue weighted by Gasteiger charge is -2.28. The lowest BCUT2D eigenvalue weighted by molar-refractivity contribution is -0.0136. The number of aromatic nitrogens is 4. The number of nitrogens with one attached hydrogen (secondary N) is 1. The molecule has 0 amide bonds. The van der Waals surface area contributed by atoms with E-state index in [4.69, 9.17) is 16.3 Å². The highest BCUT2D eigenvalue weighted by Gasteiger charge is 2.25. The quantitative estimate of drug-likeness (QED) is 0.884. The number of hydrogen-bond acceptors (Lipinski definition) is 6. The highest BCUT2D eigenvalue weighted by atomic mass is 35.5. The van der Waals surface area contributed by atoms with Crippen molar-refractivity contribution in [2.45, 2.75) is 38.0 Å². The molecule has 23 heavy (non-hydrogen) atoms. The fourth-order valence-electron chi connectivity index (χ4n) is 3.14. The molecule has 0 radical (unpaired) electrons. The number of halogens is 1. The normalized spacial score (nSPS) is 23.7. The highest BCUT2D eigenvalue weighted by Crippen LogP contribution is 2.32. The zero-order chi connectivity index (χ0) is 15.8. The Bertz CT molecular complexity index is 720. The lowest BCUT2D eigenvalue weighted by atomic mass is 10.1. The summed E-state index contributed by atoms with van der Waals surface area (Å²) in [6.07, 6.45) is 5.64. The summed E-state index contributed by atoms with van der Waals surface area (Å²) in [5.74, 6) is 0.466. The van der Waals surface area contributed by atoms with Crippen molar-refractivity contribution >= 4 is 17.5 Å². The van der Waals surface area contributed by atoms with Crippen LogP contribution in [0.4, 0.5) is 5.95 Å². The van der Waals surface area contributed by atoms with Crippen LogP contribution in [0, 0.1) is 0 Å². The van der Waals surface area contributed by atoms with Gasteiger partial charge in [-0.05, 0) is 19.3 Å². The Morgan fingerprint density at radius 3 is 3.17 bits per heavy atom. The molecule has 4 rings (SSSR count). The average molecular weight is 336 g/mol. The Balaban J connectivity index is 1.63. The summed E-state index contributed by atoms with van der Waals surface area (Å²) in [5, 5.41) is 18.1. The molecule has 0 unspecified atom stereocenters. The number of hydrogen-bond donors (Lipinski definition) is 2. The largest absolute Gasteiger partial charge is 0.389 e. The summed E-state index contributed by atoms with van der Waals surface area (Å²) in [6.45, 7) is 1.89. The van der Waals surface area contributed by atoms with Crippen molar-refractivity contribution in [3.8, 4) is 11.3 Å². The molecule has 0 spiro atoms. The molecular formula is C15H18ClN5O2. The minimum Gasteiger partial charge on any atom is -0.389 e. The van der Waals surface area contributed by atoms with E-state index in [0.717, 1.165) is 24.9 Å². The maximum atomic E-state index is 9.98. The number of aliphatic hydroxyl groups excluding tert-OH is 1. The van der Waals surface area contributed by atoms with E-state index >= 15 is 0 Å². The van der Waals surface area contributed by atoms with Gasteiger partial charge in [0.1, 0.15) is 0 Å². The van der Waals surface area contributed by atoms with Crippen LogP contribution < -0.4 is 5.32 Å². The van der Waals surface area contributed by atoms with Crippen LogP contribution in [0.2, 0.25) is 5.02 Å². The second kappa shape index (κ2) is 6.07. The van der Waals surface area contributed by atoms with Gasteiger partial charge in [0.15, 0.2) is 0 Å². The molecule has 1 saturated heterocycles. The van der Waals surface area contributed by atoms with E-state index in [1.165, 1.54) is 5.69 Å². The van der Waals surface area contributed by atoms with Crippen molar-refractivity contribution in [1.82, 2.24) is 19.7 Å². The third kappa shape index (κ3) is 2.80. The van der Waals surface area contributed by atoms with Gasteiger partial charge in [-0.1, -0.05) is 11.6 Å². The summed E-state index contributed by atoms with van der Waals surface area (Å²) in [6, 6.07) is -0.115. The van der Waals surface area contributed by atoms with Gasteiger partial charge in [-0.3, -0.25) is 4.68 Å². The fourth-order valence-corrected chi connectivity index (χ4v) is 3.34. The van der Waals surface area contributed by atoms with Gasteiger partial charge >= 0.3 is 0 Å². The van der Waals surface area contributed by atoms with Crippen LogP contribution in [-0.2, 0) is 17.7 Å². The van der Waals surface area contributed by atoms with Gasteiger partial charge in [-0.25, -0.2) is 9.97 Å². The third-order valence-corrected chi connectivity index (χ3v) is 4.65. The number of anilines is 1. The van der Waals surface area contributed by atoms with Crippen LogP contribution in [-0.4, -0.2) is 50.2 Å². The topological polar surface area (TPSA) is 85.1 Å². The Labute approximate surface area is 138 Å². The van der Waals surface area contributed by atoms with Crippen LogP contribution >= 0.6 is 11.6 Å². The van der Waals surface area contributed by atoms with E-state index in [-0.39, 0.29) is 6.04 Å². The van der Waals surface area contributed by atoms with Crippen LogP contribution in [0.3, 0.4) is 0 Å². The van der Waals surface area contributed by atoms with E-state index in [1.807, 2.05) is 10.9 Å². The van der Waals surface area contributed by atoms with Gasteiger partial charge in [-0.2, -0.15) is 5.10 Å². The Hall–Kier alpha value is -1.70. The molecule has 122 valence electrons. The predicted molar refractivity (Wildman–Crippen MR) is 85.4 cm³/mol. The number of nitrogens with zero attached hydrogens (tertiary/aromatic N) is 4. The molecule has 2 atom stereocenters. The highest BCUT2D eigenvalue weighted by molar-refractivity contribution is 6.32. The molecule has 2 aromatic heterocycles. The maximum absolute atomic E-state index is 9.98. The smallest absolute Gasteiger partial charge is 0.223 e. The number of fused-ring (bicyclic) bond motifs is 1. The van der Waals surface area contributed by atoms with Crippen molar-refractivity contribution in [2.75, 3.05) is 18.5 Å². The van der Waals surface area contributed by atoms with E-state index in [9.17, 15) is 5.11 Å². The summed E-state index contributed by atoms with van der Waals surface area (Å²) < 4.78 is 7.24. The summed E-state index contributed by atoms with van der Waals surface area (Å²) in [5.41, 5.74) is 2.82. The molecule has 0 bridgehead atoms. The number of aryl methyl sites for hydroxylation is 1. The maximum Gasteiger partial charge on any atom is 0.223 e. The number of aliphatic hydroxyl groups is 1. The molecule has 0 saturated carbocycles. The zero-order valence-electron chi connectivity index (χ0n) is 12.6. The molecule has 2 N–H and O–H groups in total. The molecule has 2 aliphatic rings. The summed E-state index contributed by atoms with van der Waals surface area (Å²) >= 11 is 6.30. The monoisotopic (exact) mass is 335 g/mol. The molecule has 1 fully saturated rings. The molecule has 7 nitrogen and oxygen atoms in total. The van der Waals surface area contributed by atoms with Crippen LogP contribution in [0.1, 0.15) is 18.5 Å². The van der Waals surface area contributed by atoms with Gasteiger partial charge in [-0.15, -0.1) is 0 Å². The van der Waals surface area contributed by atoms with Crippen molar-refractivity contribution in [3.05, 3.63) is 23.1 Å². The Morgan fingerprint density at radius 2 is 2.30 bits per heavy atom. The Morgan fingerprint density at radius 1 is 1.39 bits per heavy atom. The first-order chi connectivity index (χ1) is 11.2. The molecule has 0 aromatic carbocycles. The van der Waals surface area contributed by atoms with Gasteiger partial charge in [0.05, 0.1) is 41.9 Å². The first-order valence-corrected chi connectivity index (χ1v) is 8.20. The van der Waals surface area contributed by atoms with Crippen LogP contribution in [0.5, 0.6) is 0 Å².